The second kappa shape index (κ2) is 5.29. The average molecular weight is 267 g/mol. The van der Waals surface area contributed by atoms with Crippen molar-refractivity contribution in [1.82, 2.24) is 9.97 Å². The van der Waals surface area contributed by atoms with Crippen molar-refractivity contribution in [3.05, 3.63) is 6.07 Å². The van der Waals surface area contributed by atoms with Crippen LogP contribution in [0.5, 0.6) is 11.8 Å². The van der Waals surface area contributed by atoms with Crippen molar-refractivity contribution >= 4 is 11.9 Å². The molecule has 1 N–H and O–H groups in total. The molecule has 7 heteroatoms. The first-order valence-corrected chi connectivity index (χ1v) is 6.00. The maximum absolute atomic E-state index is 11.1. The number of aliphatic carboxylic acids is 1. The van der Waals surface area contributed by atoms with E-state index in [1.807, 2.05) is 11.8 Å². The van der Waals surface area contributed by atoms with Crippen molar-refractivity contribution in [2.24, 2.45) is 11.8 Å². The number of hydrogen-bond acceptors (Lipinski definition) is 6. The van der Waals surface area contributed by atoms with Gasteiger partial charge in [-0.05, 0) is 5.92 Å². The summed E-state index contributed by atoms with van der Waals surface area (Å²) in [7, 11) is 3.02. The highest BCUT2D eigenvalue weighted by Gasteiger charge is 2.36. The Morgan fingerprint density at radius 1 is 1.32 bits per heavy atom. The second-order valence-corrected chi connectivity index (χ2v) is 4.58. The lowest BCUT2D eigenvalue weighted by atomic mass is 9.99. The third-order valence-electron chi connectivity index (χ3n) is 3.30. The Balaban J connectivity index is 2.25. The normalized spacial score (nSPS) is 22.4. The first-order chi connectivity index (χ1) is 9.05. The van der Waals surface area contributed by atoms with Gasteiger partial charge in [0.1, 0.15) is 0 Å². The predicted octanol–water partition coefficient (Wildman–Crippen LogP) is 0.651. The number of rotatable bonds is 4. The van der Waals surface area contributed by atoms with E-state index in [2.05, 4.69) is 9.97 Å². The predicted molar refractivity (Wildman–Crippen MR) is 67.6 cm³/mol. The lowest BCUT2D eigenvalue weighted by molar-refractivity contribution is -0.142. The lowest BCUT2D eigenvalue weighted by Gasteiger charge is -2.16. The van der Waals surface area contributed by atoms with Crippen molar-refractivity contribution < 1.29 is 19.4 Å². The van der Waals surface area contributed by atoms with Crippen LogP contribution in [0, 0.1) is 11.8 Å². The molecule has 1 saturated heterocycles. The molecule has 1 aliphatic heterocycles. The van der Waals surface area contributed by atoms with Crippen LogP contribution in [0.4, 0.5) is 5.95 Å². The van der Waals surface area contributed by atoms with Gasteiger partial charge in [0.05, 0.1) is 26.2 Å². The molecule has 0 bridgehead atoms. The standard InChI is InChI=1S/C12H17N3O4/c1-7-5-15(6-8(7)11(16)17)12-13-9(18-2)4-10(14-12)19-3/h4,7-8H,5-6H2,1-3H3,(H,16,17). The number of carboxylic acids is 1. The molecule has 1 aromatic heterocycles. The van der Waals surface area contributed by atoms with Crippen LogP contribution in [-0.4, -0.2) is 48.4 Å². The Kier molecular flexibility index (Phi) is 3.73. The van der Waals surface area contributed by atoms with E-state index in [9.17, 15) is 4.79 Å². The Bertz CT molecular complexity index is 458. The SMILES string of the molecule is COc1cc(OC)nc(N2CC(C)C(C(=O)O)C2)n1. The molecule has 7 nitrogen and oxygen atoms in total. The molecule has 2 atom stereocenters. The van der Waals surface area contributed by atoms with Crippen LogP contribution in [0.1, 0.15) is 6.92 Å². The quantitative estimate of drug-likeness (QED) is 0.857. The third kappa shape index (κ3) is 2.69. The number of carboxylic acid groups (broad SMARTS) is 1. The van der Waals surface area contributed by atoms with Gasteiger partial charge in [0, 0.05) is 13.1 Å². The summed E-state index contributed by atoms with van der Waals surface area (Å²) < 4.78 is 10.2. The van der Waals surface area contributed by atoms with Gasteiger partial charge in [0.25, 0.3) is 0 Å². The van der Waals surface area contributed by atoms with Crippen molar-refractivity contribution in [2.45, 2.75) is 6.92 Å². The Labute approximate surface area is 111 Å². The first-order valence-electron chi connectivity index (χ1n) is 6.00. The highest BCUT2D eigenvalue weighted by molar-refractivity contribution is 5.72. The number of ether oxygens (including phenoxy) is 2. The molecular weight excluding hydrogens is 250 g/mol. The van der Waals surface area contributed by atoms with Gasteiger partial charge in [-0.2, -0.15) is 9.97 Å². The Hall–Kier alpha value is -2.05. The van der Waals surface area contributed by atoms with E-state index in [1.54, 1.807) is 6.07 Å². The summed E-state index contributed by atoms with van der Waals surface area (Å²) in [5.74, 6) is 0.0947. The highest BCUT2D eigenvalue weighted by atomic mass is 16.5. The number of nitrogens with zero attached hydrogens (tertiary/aromatic N) is 3. The number of carbonyl (C=O) groups is 1. The monoisotopic (exact) mass is 267 g/mol. The zero-order valence-corrected chi connectivity index (χ0v) is 11.2. The molecule has 2 rings (SSSR count). The zero-order valence-electron chi connectivity index (χ0n) is 11.2. The van der Waals surface area contributed by atoms with Crippen LogP contribution < -0.4 is 14.4 Å². The van der Waals surface area contributed by atoms with Crippen LogP contribution >= 0.6 is 0 Å². The van der Waals surface area contributed by atoms with Gasteiger partial charge in [-0.1, -0.05) is 6.92 Å². The summed E-state index contributed by atoms with van der Waals surface area (Å²) in [5.41, 5.74) is 0. The fourth-order valence-electron chi connectivity index (χ4n) is 2.19. The molecule has 0 saturated carbocycles. The van der Waals surface area contributed by atoms with E-state index in [1.165, 1.54) is 14.2 Å². The number of methoxy groups -OCH3 is 2. The molecule has 2 unspecified atom stereocenters. The number of aromatic nitrogens is 2. The van der Waals surface area contributed by atoms with E-state index in [0.29, 0.717) is 30.8 Å². The minimum Gasteiger partial charge on any atom is -0.481 e. The smallest absolute Gasteiger partial charge is 0.308 e. The average Bonchev–Trinajstić information content (AvgIpc) is 2.80. The molecule has 19 heavy (non-hydrogen) atoms. The van der Waals surface area contributed by atoms with E-state index in [4.69, 9.17) is 14.6 Å². The zero-order chi connectivity index (χ0) is 14.0. The molecule has 0 aromatic carbocycles. The van der Waals surface area contributed by atoms with E-state index >= 15 is 0 Å². The molecule has 1 fully saturated rings. The van der Waals surface area contributed by atoms with Crippen LogP contribution in [0.25, 0.3) is 0 Å². The van der Waals surface area contributed by atoms with Gasteiger partial charge in [-0.3, -0.25) is 4.79 Å². The van der Waals surface area contributed by atoms with Crippen LogP contribution in [0.15, 0.2) is 6.07 Å². The van der Waals surface area contributed by atoms with Crippen LogP contribution in [0.3, 0.4) is 0 Å². The van der Waals surface area contributed by atoms with Crippen molar-refractivity contribution in [2.75, 3.05) is 32.2 Å². The Morgan fingerprint density at radius 2 is 1.89 bits per heavy atom. The summed E-state index contributed by atoms with van der Waals surface area (Å²) in [4.78, 5) is 21.4. The maximum atomic E-state index is 11.1. The van der Waals surface area contributed by atoms with Crippen molar-refractivity contribution in [3.63, 3.8) is 0 Å². The fourth-order valence-corrected chi connectivity index (χ4v) is 2.19. The molecule has 0 amide bonds. The summed E-state index contributed by atoms with van der Waals surface area (Å²) in [5, 5.41) is 9.13. The van der Waals surface area contributed by atoms with E-state index in [-0.39, 0.29) is 5.92 Å². The highest BCUT2D eigenvalue weighted by Crippen LogP contribution is 2.28. The summed E-state index contributed by atoms with van der Waals surface area (Å²) in [6.45, 7) is 2.91. The third-order valence-corrected chi connectivity index (χ3v) is 3.30. The van der Waals surface area contributed by atoms with Crippen molar-refractivity contribution in [3.8, 4) is 11.8 Å². The fraction of sp³-hybridized carbons (Fsp3) is 0.583. The van der Waals surface area contributed by atoms with Gasteiger partial charge in [-0.15, -0.1) is 0 Å². The largest absolute Gasteiger partial charge is 0.481 e. The van der Waals surface area contributed by atoms with Gasteiger partial charge in [0.15, 0.2) is 0 Å². The minimum absolute atomic E-state index is 0.0540. The number of hydrogen-bond donors (Lipinski definition) is 1. The first kappa shape index (κ1) is 13.4. The summed E-state index contributed by atoms with van der Waals surface area (Å²) >= 11 is 0. The van der Waals surface area contributed by atoms with E-state index < -0.39 is 11.9 Å². The molecule has 0 radical (unpaired) electrons. The van der Waals surface area contributed by atoms with Gasteiger partial charge < -0.3 is 19.5 Å². The minimum atomic E-state index is -0.787. The second-order valence-electron chi connectivity index (χ2n) is 4.58. The number of anilines is 1. The summed E-state index contributed by atoms with van der Waals surface area (Å²) in [6.07, 6.45) is 0. The molecule has 0 aliphatic carbocycles. The molecule has 2 heterocycles. The molecule has 0 spiro atoms. The van der Waals surface area contributed by atoms with Gasteiger partial charge >= 0.3 is 5.97 Å². The van der Waals surface area contributed by atoms with Gasteiger partial charge in [0.2, 0.25) is 17.7 Å². The molecular formula is C12H17N3O4. The van der Waals surface area contributed by atoms with Gasteiger partial charge in [-0.25, -0.2) is 0 Å². The summed E-state index contributed by atoms with van der Waals surface area (Å²) in [6, 6.07) is 1.58. The molecule has 1 aliphatic rings. The van der Waals surface area contributed by atoms with Crippen LogP contribution in [0.2, 0.25) is 0 Å². The van der Waals surface area contributed by atoms with Crippen molar-refractivity contribution in [1.29, 1.82) is 0 Å². The maximum Gasteiger partial charge on any atom is 0.308 e. The van der Waals surface area contributed by atoms with Crippen LogP contribution in [-0.2, 0) is 4.79 Å². The lowest BCUT2D eigenvalue weighted by Crippen LogP contribution is -2.24. The molecule has 1 aromatic rings. The molecule has 104 valence electrons. The van der Waals surface area contributed by atoms with E-state index in [0.717, 1.165) is 0 Å². The Morgan fingerprint density at radius 3 is 2.32 bits per heavy atom. The topological polar surface area (TPSA) is 84.8 Å².